The Kier molecular flexibility index (Phi) is 3.35. The van der Waals surface area contributed by atoms with Gasteiger partial charge in [-0.2, -0.15) is 5.10 Å². The lowest BCUT2D eigenvalue weighted by atomic mass is 10.2. The van der Waals surface area contributed by atoms with Crippen molar-refractivity contribution in [2.24, 2.45) is 5.10 Å². The molecule has 25 heavy (non-hydrogen) atoms. The third kappa shape index (κ3) is 2.46. The Morgan fingerprint density at radius 3 is 2.68 bits per heavy atom. The summed E-state index contributed by atoms with van der Waals surface area (Å²) >= 11 is 0. The summed E-state index contributed by atoms with van der Waals surface area (Å²) in [7, 11) is 0. The molecule has 2 aromatic carbocycles. The van der Waals surface area contributed by atoms with Gasteiger partial charge >= 0.3 is 11.2 Å². The SMILES string of the molecule is Cc1ccc2[nH]c3c(=O)n(/N=C\c4ccccc4F)c(=O)[nH]c3c2c1. The van der Waals surface area contributed by atoms with Crippen LogP contribution in [0.1, 0.15) is 11.1 Å². The Hall–Kier alpha value is -3.48. The van der Waals surface area contributed by atoms with Gasteiger partial charge in [0.25, 0.3) is 0 Å². The van der Waals surface area contributed by atoms with Crippen LogP contribution in [0, 0.1) is 12.7 Å². The van der Waals surface area contributed by atoms with Gasteiger partial charge in [-0.1, -0.05) is 29.8 Å². The summed E-state index contributed by atoms with van der Waals surface area (Å²) in [4.78, 5) is 30.6. The maximum Gasteiger partial charge on any atom is 0.350 e. The Labute approximate surface area is 140 Å². The molecule has 2 N–H and O–H groups in total. The molecular formula is C18H13FN4O2. The molecule has 2 aromatic heterocycles. The monoisotopic (exact) mass is 336 g/mol. The molecule has 7 heteroatoms. The normalized spacial score (nSPS) is 11.8. The lowest BCUT2D eigenvalue weighted by Crippen LogP contribution is -2.32. The summed E-state index contributed by atoms with van der Waals surface area (Å²) < 4.78 is 14.3. The number of aromatic nitrogens is 3. The van der Waals surface area contributed by atoms with Crippen molar-refractivity contribution in [2.45, 2.75) is 6.92 Å². The zero-order chi connectivity index (χ0) is 17.6. The molecule has 0 fully saturated rings. The predicted octanol–water partition coefficient (Wildman–Crippen LogP) is 2.50. The first-order valence-electron chi connectivity index (χ1n) is 7.61. The largest absolute Gasteiger partial charge is 0.350 e. The Morgan fingerprint density at radius 1 is 1.08 bits per heavy atom. The molecule has 0 spiro atoms. The number of benzene rings is 2. The molecule has 0 unspecified atom stereocenters. The van der Waals surface area contributed by atoms with Crippen molar-refractivity contribution in [1.29, 1.82) is 0 Å². The number of fused-ring (bicyclic) bond motifs is 3. The summed E-state index contributed by atoms with van der Waals surface area (Å²) in [6, 6.07) is 11.6. The van der Waals surface area contributed by atoms with Gasteiger partial charge in [0.1, 0.15) is 11.3 Å². The van der Waals surface area contributed by atoms with Gasteiger partial charge in [-0.05, 0) is 25.1 Å². The molecule has 2 heterocycles. The van der Waals surface area contributed by atoms with Crippen LogP contribution < -0.4 is 11.2 Å². The van der Waals surface area contributed by atoms with Gasteiger partial charge < -0.3 is 9.97 Å². The molecule has 4 aromatic rings. The van der Waals surface area contributed by atoms with Crippen LogP contribution in [-0.4, -0.2) is 20.9 Å². The molecule has 0 aliphatic heterocycles. The van der Waals surface area contributed by atoms with Crippen LogP contribution in [0.3, 0.4) is 0 Å². The van der Waals surface area contributed by atoms with Crippen molar-refractivity contribution in [2.75, 3.05) is 0 Å². The average Bonchev–Trinajstić information content (AvgIpc) is 2.94. The second-order valence-corrected chi connectivity index (χ2v) is 5.74. The van der Waals surface area contributed by atoms with Crippen molar-refractivity contribution in [3.8, 4) is 0 Å². The van der Waals surface area contributed by atoms with Crippen molar-refractivity contribution < 1.29 is 4.39 Å². The quantitative estimate of drug-likeness (QED) is 0.551. The van der Waals surface area contributed by atoms with Gasteiger partial charge in [-0.15, -0.1) is 4.68 Å². The number of nitrogens with zero attached hydrogens (tertiary/aromatic N) is 2. The molecule has 0 radical (unpaired) electrons. The summed E-state index contributed by atoms with van der Waals surface area (Å²) in [6.07, 6.45) is 1.14. The fourth-order valence-electron chi connectivity index (χ4n) is 2.76. The second-order valence-electron chi connectivity index (χ2n) is 5.74. The molecule has 0 amide bonds. The molecule has 4 rings (SSSR count). The van der Waals surface area contributed by atoms with Crippen LogP contribution in [0.25, 0.3) is 21.9 Å². The maximum absolute atomic E-state index is 13.7. The van der Waals surface area contributed by atoms with E-state index in [2.05, 4.69) is 15.1 Å². The minimum atomic E-state index is -0.688. The molecule has 0 saturated carbocycles. The average molecular weight is 336 g/mol. The van der Waals surface area contributed by atoms with Crippen LogP contribution in [0.5, 0.6) is 0 Å². The first-order chi connectivity index (χ1) is 12.0. The van der Waals surface area contributed by atoms with E-state index >= 15 is 0 Å². The van der Waals surface area contributed by atoms with Crippen molar-refractivity contribution >= 4 is 28.2 Å². The maximum atomic E-state index is 13.7. The van der Waals surface area contributed by atoms with E-state index < -0.39 is 17.1 Å². The van der Waals surface area contributed by atoms with Gasteiger partial charge in [-0.25, -0.2) is 9.18 Å². The zero-order valence-corrected chi connectivity index (χ0v) is 13.2. The van der Waals surface area contributed by atoms with Gasteiger partial charge in [-0.3, -0.25) is 4.79 Å². The van der Waals surface area contributed by atoms with Crippen molar-refractivity contribution in [3.05, 3.63) is 80.2 Å². The summed E-state index contributed by atoms with van der Waals surface area (Å²) in [5, 5.41) is 4.61. The van der Waals surface area contributed by atoms with E-state index in [0.29, 0.717) is 10.2 Å². The number of nitrogens with one attached hydrogen (secondary N) is 2. The highest BCUT2D eigenvalue weighted by Gasteiger charge is 2.12. The molecule has 0 aliphatic carbocycles. The van der Waals surface area contributed by atoms with E-state index in [1.54, 1.807) is 12.1 Å². The minimum absolute atomic E-state index is 0.182. The fourth-order valence-corrected chi connectivity index (χ4v) is 2.76. The van der Waals surface area contributed by atoms with Crippen molar-refractivity contribution in [3.63, 3.8) is 0 Å². The van der Waals surface area contributed by atoms with Gasteiger partial charge in [0.2, 0.25) is 0 Å². The summed E-state index contributed by atoms with van der Waals surface area (Å²) in [6.45, 7) is 1.93. The minimum Gasteiger partial charge on any atom is -0.349 e. The highest BCUT2D eigenvalue weighted by molar-refractivity contribution is 6.04. The van der Waals surface area contributed by atoms with Gasteiger partial charge in [0.05, 0.1) is 11.7 Å². The predicted molar refractivity (Wildman–Crippen MR) is 94.8 cm³/mol. The smallest absolute Gasteiger partial charge is 0.349 e. The van der Waals surface area contributed by atoms with Crippen LogP contribution >= 0.6 is 0 Å². The number of hydrogen-bond donors (Lipinski definition) is 2. The molecular weight excluding hydrogens is 323 g/mol. The number of aromatic amines is 2. The van der Waals surface area contributed by atoms with Crippen LogP contribution in [0.2, 0.25) is 0 Å². The highest BCUT2D eigenvalue weighted by atomic mass is 19.1. The van der Waals surface area contributed by atoms with Crippen LogP contribution in [-0.2, 0) is 0 Å². The number of halogens is 1. The standard InChI is InChI=1S/C18H13FN4O2/c1-10-6-7-14-12(8-10)15-16(21-14)17(24)23(18(25)22-15)20-9-11-4-2-3-5-13(11)19/h2-9,21H,1H3,(H,22,25)/b20-9-. The Morgan fingerprint density at radius 2 is 1.88 bits per heavy atom. The Balaban J connectivity index is 1.94. The van der Waals surface area contributed by atoms with E-state index in [-0.39, 0.29) is 11.1 Å². The van der Waals surface area contributed by atoms with Crippen LogP contribution in [0.15, 0.2) is 57.2 Å². The molecule has 0 atom stereocenters. The van der Waals surface area contributed by atoms with E-state index in [4.69, 9.17) is 0 Å². The zero-order valence-electron chi connectivity index (χ0n) is 13.2. The van der Waals surface area contributed by atoms with Crippen molar-refractivity contribution in [1.82, 2.24) is 14.6 Å². The fraction of sp³-hybridized carbons (Fsp3) is 0.0556. The summed E-state index contributed by atoms with van der Waals surface area (Å²) in [5.74, 6) is -0.488. The first kappa shape index (κ1) is 15.1. The summed E-state index contributed by atoms with van der Waals surface area (Å²) in [5.41, 5.74) is 1.32. The van der Waals surface area contributed by atoms with E-state index in [1.165, 1.54) is 12.1 Å². The molecule has 0 saturated heterocycles. The molecule has 0 bridgehead atoms. The van der Waals surface area contributed by atoms with Gasteiger partial charge in [0.15, 0.2) is 0 Å². The first-order valence-corrected chi connectivity index (χ1v) is 7.61. The lowest BCUT2D eigenvalue weighted by molar-refractivity contribution is 0.625. The third-order valence-electron chi connectivity index (χ3n) is 4.00. The topological polar surface area (TPSA) is 83.0 Å². The van der Waals surface area contributed by atoms with E-state index in [1.807, 2.05) is 25.1 Å². The highest BCUT2D eigenvalue weighted by Crippen LogP contribution is 2.21. The van der Waals surface area contributed by atoms with Gasteiger partial charge in [0, 0.05) is 16.5 Å². The molecule has 124 valence electrons. The number of H-pyrrole nitrogens is 2. The number of aryl methyl sites for hydroxylation is 1. The Bertz CT molecular complexity index is 1260. The lowest BCUT2D eigenvalue weighted by Gasteiger charge is -1.99. The third-order valence-corrected chi connectivity index (χ3v) is 4.00. The number of hydrogen-bond acceptors (Lipinski definition) is 3. The molecule has 6 nitrogen and oxygen atoms in total. The van der Waals surface area contributed by atoms with E-state index in [9.17, 15) is 14.0 Å². The second kappa shape index (κ2) is 5.55. The van der Waals surface area contributed by atoms with Crippen LogP contribution in [0.4, 0.5) is 4.39 Å². The number of rotatable bonds is 2. The van der Waals surface area contributed by atoms with E-state index in [0.717, 1.165) is 22.7 Å². The molecule has 0 aliphatic rings.